The molecule has 0 atom stereocenters. The molecule has 1 nitrogen and oxygen atoms in total. The number of allylic oxidation sites excluding steroid dienone is 5. The lowest BCUT2D eigenvalue weighted by atomic mass is 10.1. The Morgan fingerprint density at radius 1 is 1.38 bits per heavy atom. The second kappa shape index (κ2) is 7.53. The van der Waals surface area contributed by atoms with Crippen LogP contribution in [0.15, 0.2) is 36.0 Å². The van der Waals surface area contributed by atoms with Crippen LogP contribution in [-0.4, -0.2) is 6.29 Å². The van der Waals surface area contributed by atoms with E-state index in [-0.39, 0.29) is 0 Å². The topological polar surface area (TPSA) is 17.1 Å². The Balaban J connectivity index is 4.13. The van der Waals surface area contributed by atoms with Crippen LogP contribution < -0.4 is 0 Å². The fraction of sp³-hybridized carbons (Fsp3) is 0.417. The van der Waals surface area contributed by atoms with Crippen LogP contribution in [0.2, 0.25) is 0 Å². The molecule has 0 rings (SSSR count). The van der Waals surface area contributed by atoms with Crippen molar-refractivity contribution in [2.45, 2.75) is 33.1 Å². The number of carbonyl (C=O) groups is 1. The third kappa shape index (κ3) is 6.09. The summed E-state index contributed by atoms with van der Waals surface area (Å²) in [5.74, 6) is 0. The van der Waals surface area contributed by atoms with Crippen molar-refractivity contribution in [1.29, 1.82) is 0 Å². The molecular formula is C12H18O. The van der Waals surface area contributed by atoms with Gasteiger partial charge in [0, 0.05) is 5.57 Å². The Labute approximate surface area is 80.8 Å². The van der Waals surface area contributed by atoms with Gasteiger partial charge in [-0.05, 0) is 19.8 Å². The number of aldehydes is 1. The number of carbonyl (C=O) groups excluding carboxylic acids is 1. The fourth-order valence-electron chi connectivity index (χ4n) is 0.933. The maximum absolute atomic E-state index is 10.4. The van der Waals surface area contributed by atoms with Crippen LogP contribution >= 0.6 is 0 Å². The van der Waals surface area contributed by atoms with E-state index in [1.807, 2.05) is 12.2 Å². The van der Waals surface area contributed by atoms with E-state index in [4.69, 9.17) is 0 Å². The minimum atomic E-state index is 0.635. The van der Waals surface area contributed by atoms with Crippen LogP contribution in [0.3, 0.4) is 0 Å². The zero-order chi connectivity index (χ0) is 10.1. The Morgan fingerprint density at radius 2 is 2.08 bits per heavy atom. The molecule has 0 aromatic rings. The van der Waals surface area contributed by atoms with Gasteiger partial charge in [0.15, 0.2) is 0 Å². The molecule has 0 spiro atoms. The smallest absolute Gasteiger partial charge is 0.150 e. The molecule has 0 radical (unpaired) electrons. The second-order valence-corrected chi connectivity index (χ2v) is 3.11. The molecule has 0 saturated heterocycles. The monoisotopic (exact) mass is 178 g/mol. The van der Waals surface area contributed by atoms with Gasteiger partial charge in [0.1, 0.15) is 6.29 Å². The van der Waals surface area contributed by atoms with Crippen molar-refractivity contribution in [3.63, 3.8) is 0 Å². The highest BCUT2D eigenvalue weighted by atomic mass is 16.1. The highest BCUT2D eigenvalue weighted by Gasteiger charge is 1.88. The summed E-state index contributed by atoms with van der Waals surface area (Å²) in [6.45, 7) is 7.79. The number of unbranched alkanes of at least 4 members (excludes halogenated alkanes) is 1. The molecule has 0 aliphatic heterocycles. The predicted octanol–water partition coefficient (Wildman–Crippen LogP) is 3.43. The van der Waals surface area contributed by atoms with E-state index in [9.17, 15) is 4.79 Å². The predicted molar refractivity (Wildman–Crippen MR) is 57.6 cm³/mol. The zero-order valence-corrected chi connectivity index (χ0v) is 8.55. The first-order valence-electron chi connectivity index (χ1n) is 4.69. The molecule has 0 aromatic heterocycles. The molecule has 0 aliphatic rings. The summed E-state index contributed by atoms with van der Waals surface area (Å²) < 4.78 is 0. The summed E-state index contributed by atoms with van der Waals surface area (Å²) in [6, 6.07) is 0. The third-order valence-electron chi connectivity index (χ3n) is 1.86. The molecule has 0 fully saturated rings. The van der Waals surface area contributed by atoms with Gasteiger partial charge in [0.25, 0.3) is 0 Å². The van der Waals surface area contributed by atoms with Crippen molar-refractivity contribution in [2.75, 3.05) is 0 Å². The molecule has 0 heterocycles. The van der Waals surface area contributed by atoms with E-state index in [0.29, 0.717) is 5.57 Å². The van der Waals surface area contributed by atoms with Crippen LogP contribution in [-0.2, 0) is 4.79 Å². The van der Waals surface area contributed by atoms with Gasteiger partial charge >= 0.3 is 0 Å². The zero-order valence-electron chi connectivity index (χ0n) is 8.55. The molecular weight excluding hydrogens is 160 g/mol. The maximum atomic E-state index is 10.4. The van der Waals surface area contributed by atoms with Crippen LogP contribution in [0.4, 0.5) is 0 Å². The average molecular weight is 178 g/mol. The summed E-state index contributed by atoms with van der Waals surface area (Å²) in [6.07, 6.45) is 9.70. The first-order chi connectivity index (χ1) is 6.24. The van der Waals surface area contributed by atoms with Gasteiger partial charge in [0.2, 0.25) is 0 Å². The van der Waals surface area contributed by atoms with Crippen molar-refractivity contribution in [3.05, 3.63) is 36.0 Å². The summed E-state index contributed by atoms with van der Waals surface area (Å²) in [5.41, 5.74) is 1.94. The number of hydrogen-bond acceptors (Lipinski definition) is 1. The van der Waals surface area contributed by atoms with Gasteiger partial charge in [-0.25, -0.2) is 0 Å². The number of rotatable bonds is 6. The summed E-state index contributed by atoms with van der Waals surface area (Å²) in [5, 5.41) is 0. The molecule has 0 saturated carbocycles. The Morgan fingerprint density at radius 3 is 2.54 bits per heavy atom. The van der Waals surface area contributed by atoms with Crippen molar-refractivity contribution in [3.8, 4) is 0 Å². The standard InChI is InChI=1S/C12H18O/c1-4-6-7-11(3)8-9-12(5-2)10-13/h5,8-10H,2,4,6-7H2,1,3H3/b11-8+,12-9+. The van der Waals surface area contributed by atoms with Crippen LogP contribution in [0.5, 0.6) is 0 Å². The largest absolute Gasteiger partial charge is 0.298 e. The van der Waals surface area contributed by atoms with Gasteiger partial charge in [-0.15, -0.1) is 0 Å². The molecule has 1 heteroatoms. The molecule has 72 valence electrons. The van der Waals surface area contributed by atoms with Gasteiger partial charge in [-0.3, -0.25) is 4.79 Å². The highest BCUT2D eigenvalue weighted by Crippen LogP contribution is 2.06. The summed E-state index contributed by atoms with van der Waals surface area (Å²) in [7, 11) is 0. The SMILES string of the molecule is C=C/C(C=O)=C\C=C(/C)CCCC. The molecule has 0 bridgehead atoms. The van der Waals surface area contributed by atoms with Gasteiger partial charge < -0.3 is 0 Å². The Hall–Kier alpha value is -1.11. The first-order valence-corrected chi connectivity index (χ1v) is 4.69. The highest BCUT2D eigenvalue weighted by molar-refractivity contribution is 5.77. The van der Waals surface area contributed by atoms with Crippen LogP contribution in [0.25, 0.3) is 0 Å². The molecule has 0 aliphatic carbocycles. The molecule has 0 aromatic carbocycles. The minimum absolute atomic E-state index is 0.635. The van der Waals surface area contributed by atoms with Crippen LogP contribution in [0.1, 0.15) is 33.1 Å². The van der Waals surface area contributed by atoms with Crippen molar-refractivity contribution >= 4 is 6.29 Å². The van der Waals surface area contributed by atoms with Gasteiger partial charge in [-0.1, -0.05) is 43.7 Å². The van der Waals surface area contributed by atoms with E-state index >= 15 is 0 Å². The maximum Gasteiger partial charge on any atom is 0.150 e. The Kier molecular flexibility index (Phi) is 6.89. The van der Waals surface area contributed by atoms with Crippen molar-refractivity contribution in [2.24, 2.45) is 0 Å². The molecule has 0 amide bonds. The van der Waals surface area contributed by atoms with E-state index in [1.54, 1.807) is 6.08 Å². The lowest BCUT2D eigenvalue weighted by molar-refractivity contribution is -0.104. The van der Waals surface area contributed by atoms with E-state index in [0.717, 1.165) is 12.7 Å². The summed E-state index contributed by atoms with van der Waals surface area (Å²) >= 11 is 0. The Bertz CT molecular complexity index is 211. The molecule has 0 N–H and O–H groups in total. The second-order valence-electron chi connectivity index (χ2n) is 3.11. The quantitative estimate of drug-likeness (QED) is 0.346. The minimum Gasteiger partial charge on any atom is -0.298 e. The van der Waals surface area contributed by atoms with Crippen LogP contribution in [0, 0.1) is 0 Å². The van der Waals surface area contributed by atoms with Gasteiger partial charge in [0.05, 0.1) is 0 Å². The summed E-state index contributed by atoms with van der Waals surface area (Å²) in [4.78, 5) is 10.4. The fourth-order valence-corrected chi connectivity index (χ4v) is 0.933. The van der Waals surface area contributed by atoms with E-state index < -0.39 is 0 Å². The van der Waals surface area contributed by atoms with E-state index in [2.05, 4.69) is 20.4 Å². The normalized spacial score (nSPS) is 12.8. The number of hydrogen-bond donors (Lipinski definition) is 0. The van der Waals surface area contributed by atoms with Crippen molar-refractivity contribution < 1.29 is 4.79 Å². The average Bonchev–Trinajstić information content (AvgIpc) is 2.16. The molecule has 13 heavy (non-hydrogen) atoms. The van der Waals surface area contributed by atoms with E-state index in [1.165, 1.54) is 18.4 Å². The first kappa shape index (κ1) is 11.9. The third-order valence-corrected chi connectivity index (χ3v) is 1.86. The lowest BCUT2D eigenvalue weighted by Crippen LogP contribution is -1.79. The van der Waals surface area contributed by atoms with Gasteiger partial charge in [-0.2, -0.15) is 0 Å². The van der Waals surface area contributed by atoms with Crippen molar-refractivity contribution in [1.82, 2.24) is 0 Å². The lowest BCUT2D eigenvalue weighted by Gasteiger charge is -1.96. The molecule has 0 unspecified atom stereocenters.